The minimum Gasteiger partial charge on any atom is -0.462 e. The van der Waals surface area contributed by atoms with E-state index in [0.717, 1.165) is 35.1 Å². The van der Waals surface area contributed by atoms with Crippen molar-refractivity contribution in [3.8, 4) is 22.5 Å². The van der Waals surface area contributed by atoms with Gasteiger partial charge in [0.05, 0.1) is 25.3 Å². The monoisotopic (exact) mass is 529 g/mol. The number of ether oxygens (including phenoxy) is 2. The summed E-state index contributed by atoms with van der Waals surface area (Å²) < 4.78 is 11.8. The first-order valence-electron chi connectivity index (χ1n) is 13.0. The van der Waals surface area contributed by atoms with Crippen LogP contribution in [0, 0.1) is 0 Å². The van der Waals surface area contributed by atoms with Crippen molar-refractivity contribution in [3.63, 3.8) is 0 Å². The fourth-order valence-corrected chi connectivity index (χ4v) is 4.41. The minimum atomic E-state index is -0.853. The Labute approximate surface area is 226 Å². The number of nitrogens with zero attached hydrogens (tertiary/aromatic N) is 4. The molecule has 2 heterocycles. The van der Waals surface area contributed by atoms with Crippen LogP contribution in [-0.4, -0.2) is 50.3 Å². The molecule has 2 aromatic heterocycles. The number of H-pyrrole nitrogens is 1. The van der Waals surface area contributed by atoms with Crippen molar-refractivity contribution < 1.29 is 19.1 Å². The minimum absolute atomic E-state index is 0.0626. The molecule has 0 atom stereocenters. The molecule has 0 aliphatic rings. The second-order valence-corrected chi connectivity index (χ2v) is 8.84. The Balaban J connectivity index is 1.86. The lowest BCUT2D eigenvalue weighted by molar-refractivity contribution is 0.0476. The predicted molar refractivity (Wildman–Crippen MR) is 145 cm³/mol. The van der Waals surface area contributed by atoms with Crippen molar-refractivity contribution in [1.29, 1.82) is 0 Å². The number of esters is 2. The quantitative estimate of drug-likeness (QED) is 0.282. The molecular formula is C29H31N5O5. The van der Waals surface area contributed by atoms with E-state index in [4.69, 9.17) is 9.47 Å². The molecule has 39 heavy (non-hydrogen) atoms. The number of tetrazole rings is 1. The predicted octanol–water partition coefficient (Wildman–Crippen LogP) is 4.44. The normalized spacial score (nSPS) is 10.8. The third kappa shape index (κ3) is 6.11. The summed E-state index contributed by atoms with van der Waals surface area (Å²) in [6, 6.07) is 17.2. The number of aromatic amines is 1. The topological polar surface area (TPSA) is 129 Å². The summed E-state index contributed by atoms with van der Waals surface area (Å²) in [5, 5.41) is 14.6. The lowest BCUT2D eigenvalue weighted by Gasteiger charge is -2.18. The second-order valence-electron chi connectivity index (χ2n) is 8.84. The number of rotatable bonds is 11. The Morgan fingerprint density at radius 3 is 2.33 bits per heavy atom. The Bertz CT molecular complexity index is 1500. The Kier molecular flexibility index (Phi) is 8.98. The third-order valence-electron chi connectivity index (χ3n) is 6.24. The zero-order chi connectivity index (χ0) is 27.8. The zero-order valence-electron chi connectivity index (χ0n) is 22.3. The third-order valence-corrected chi connectivity index (χ3v) is 6.24. The molecule has 10 nitrogen and oxygen atoms in total. The molecule has 4 rings (SSSR count). The Morgan fingerprint density at radius 1 is 0.923 bits per heavy atom. The van der Waals surface area contributed by atoms with Gasteiger partial charge in [0.15, 0.2) is 0 Å². The number of aromatic nitrogens is 5. The van der Waals surface area contributed by atoms with Crippen molar-refractivity contribution in [3.05, 3.63) is 87.3 Å². The van der Waals surface area contributed by atoms with Gasteiger partial charge in [0, 0.05) is 11.3 Å². The van der Waals surface area contributed by atoms with Crippen molar-refractivity contribution >= 4 is 11.9 Å². The number of hydrogen-bond donors (Lipinski definition) is 1. The second kappa shape index (κ2) is 12.8. The van der Waals surface area contributed by atoms with Gasteiger partial charge in [-0.05, 0) is 60.7 Å². The first-order valence-corrected chi connectivity index (χ1v) is 13.0. The summed E-state index contributed by atoms with van der Waals surface area (Å²) in [6.07, 6.45) is 2.22. The van der Waals surface area contributed by atoms with Gasteiger partial charge in [0.25, 0.3) is 5.56 Å². The van der Waals surface area contributed by atoms with Gasteiger partial charge >= 0.3 is 11.9 Å². The van der Waals surface area contributed by atoms with Crippen LogP contribution in [0.3, 0.4) is 0 Å². The van der Waals surface area contributed by atoms with Crippen LogP contribution in [0.2, 0.25) is 0 Å². The number of pyridine rings is 1. The molecule has 0 spiro atoms. The van der Waals surface area contributed by atoms with E-state index < -0.39 is 17.5 Å². The molecule has 0 bridgehead atoms. The molecule has 0 unspecified atom stereocenters. The smallest absolute Gasteiger partial charge is 0.344 e. The standard InChI is InChI=1S/C29H31N5O5/c1-4-7-13-21-17-24(28(36)38-5-2)25(29(37)39-6-3)27(35)34(21)18-19-14-15-22(20-11-9-8-10-12-20)23(16-19)26-30-32-33-31-26/h8-12,14-17H,4-7,13,18H2,1-3H3,(H,30,31,32,33). The molecule has 0 aliphatic carbocycles. The maximum atomic E-state index is 13.8. The summed E-state index contributed by atoms with van der Waals surface area (Å²) in [6.45, 7) is 5.69. The van der Waals surface area contributed by atoms with Crippen molar-refractivity contribution in [2.75, 3.05) is 13.2 Å². The van der Waals surface area contributed by atoms with Gasteiger partial charge in [-0.2, -0.15) is 5.21 Å². The summed E-state index contributed by atoms with van der Waals surface area (Å²) in [5.74, 6) is -1.17. The molecule has 0 amide bonds. The lowest BCUT2D eigenvalue weighted by atomic mass is 9.96. The maximum absolute atomic E-state index is 13.8. The van der Waals surface area contributed by atoms with Crippen molar-refractivity contribution in [2.45, 2.75) is 46.6 Å². The molecule has 0 saturated carbocycles. The molecule has 10 heteroatoms. The largest absolute Gasteiger partial charge is 0.462 e. The Morgan fingerprint density at radius 2 is 1.67 bits per heavy atom. The lowest BCUT2D eigenvalue weighted by Crippen LogP contribution is -2.33. The van der Waals surface area contributed by atoms with Crippen LogP contribution in [-0.2, 0) is 22.4 Å². The molecule has 0 fully saturated rings. The van der Waals surface area contributed by atoms with E-state index in [9.17, 15) is 14.4 Å². The first kappa shape index (κ1) is 27.4. The van der Waals surface area contributed by atoms with E-state index in [-0.39, 0.29) is 30.9 Å². The zero-order valence-corrected chi connectivity index (χ0v) is 22.3. The average molecular weight is 530 g/mol. The van der Waals surface area contributed by atoms with Crippen LogP contribution in [0.4, 0.5) is 0 Å². The van der Waals surface area contributed by atoms with Gasteiger partial charge < -0.3 is 14.0 Å². The molecule has 202 valence electrons. The van der Waals surface area contributed by atoms with E-state index >= 15 is 0 Å². The highest BCUT2D eigenvalue weighted by Crippen LogP contribution is 2.31. The van der Waals surface area contributed by atoms with Gasteiger partial charge in [0.1, 0.15) is 5.56 Å². The molecule has 0 aliphatic heterocycles. The van der Waals surface area contributed by atoms with Gasteiger partial charge in [-0.1, -0.05) is 55.8 Å². The number of nitrogens with one attached hydrogen (secondary N) is 1. The van der Waals surface area contributed by atoms with Crippen molar-refractivity contribution in [2.24, 2.45) is 0 Å². The number of aryl methyl sites for hydroxylation is 1. The number of hydrogen-bond acceptors (Lipinski definition) is 8. The molecule has 2 aromatic carbocycles. The van der Waals surface area contributed by atoms with Crippen molar-refractivity contribution in [1.82, 2.24) is 25.2 Å². The van der Waals surface area contributed by atoms with E-state index in [2.05, 4.69) is 20.6 Å². The van der Waals surface area contributed by atoms with E-state index in [1.54, 1.807) is 19.9 Å². The SMILES string of the molecule is CCCCc1cc(C(=O)OCC)c(C(=O)OCC)c(=O)n1Cc1ccc(-c2ccccc2)c(-c2nn[nH]n2)c1. The molecule has 0 saturated heterocycles. The van der Waals surface area contributed by atoms with Crippen LogP contribution in [0.1, 0.15) is 65.6 Å². The summed E-state index contributed by atoms with van der Waals surface area (Å²) in [5.41, 5.74) is 3.04. The van der Waals surface area contributed by atoms with Crippen LogP contribution in [0.5, 0.6) is 0 Å². The summed E-state index contributed by atoms with van der Waals surface area (Å²) >= 11 is 0. The maximum Gasteiger partial charge on any atom is 0.344 e. The van der Waals surface area contributed by atoms with E-state index in [1.165, 1.54) is 4.57 Å². The molecule has 4 aromatic rings. The van der Waals surface area contributed by atoms with E-state index in [1.807, 2.05) is 55.5 Å². The Hall–Kier alpha value is -4.60. The first-order chi connectivity index (χ1) is 19.0. The van der Waals surface area contributed by atoms with Gasteiger partial charge in [-0.15, -0.1) is 10.2 Å². The fraction of sp³-hybridized carbons (Fsp3) is 0.310. The van der Waals surface area contributed by atoms with Crippen LogP contribution in [0.25, 0.3) is 22.5 Å². The fourth-order valence-electron chi connectivity index (χ4n) is 4.41. The summed E-state index contributed by atoms with van der Waals surface area (Å²) in [4.78, 5) is 39.5. The van der Waals surface area contributed by atoms with Gasteiger partial charge in [-0.25, -0.2) is 9.59 Å². The number of unbranched alkanes of at least 4 members (excludes halogenated alkanes) is 1. The van der Waals surface area contributed by atoms with E-state index in [0.29, 0.717) is 17.9 Å². The van der Waals surface area contributed by atoms with Gasteiger partial charge in [0.2, 0.25) is 5.82 Å². The average Bonchev–Trinajstić information content (AvgIpc) is 3.49. The number of carbonyl (C=O) groups excluding carboxylic acids is 2. The summed E-state index contributed by atoms with van der Waals surface area (Å²) in [7, 11) is 0. The molecular weight excluding hydrogens is 498 g/mol. The number of carbonyl (C=O) groups is 2. The highest BCUT2D eigenvalue weighted by molar-refractivity contribution is 6.03. The molecule has 1 N–H and O–H groups in total. The highest BCUT2D eigenvalue weighted by Gasteiger charge is 2.27. The highest BCUT2D eigenvalue weighted by atomic mass is 16.5. The molecule has 0 radical (unpaired) electrons. The van der Waals surface area contributed by atoms with Crippen LogP contribution < -0.4 is 5.56 Å². The van der Waals surface area contributed by atoms with Gasteiger partial charge in [-0.3, -0.25) is 4.79 Å². The number of benzene rings is 2. The van der Waals surface area contributed by atoms with Crippen LogP contribution >= 0.6 is 0 Å². The van der Waals surface area contributed by atoms with Crippen LogP contribution in [0.15, 0.2) is 59.4 Å².